The highest BCUT2D eigenvalue weighted by molar-refractivity contribution is 7.90. The standard InChI is InChI=1S/C17H22N6O2S/c1-2-10-7-11(17(4-5-17)26(18,24)25)8-12(10)16-22-21-14-9-20-15-13(23(14)16)3-6-19-15/h3,6,9-12,19H,2,4-5,7-8H2,1H3,(H2,18,24,25)/t10-,11+,12+/m1/s1. The van der Waals surface area contributed by atoms with Crippen LogP contribution in [0.25, 0.3) is 16.8 Å². The van der Waals surface area contributed by atoms with Crippen LogP contribution >= 0.6 is 0 Å². The lowest BCUT2D eigenvalue weighted by Crippen LogP contribution is -2.36. The van der Waals surface area contributed by atoms with Crippen LogP contribution in [-0.2, 0) is 10.0 Å². The maximum Gasteiger partial charge on any atom is 0.215 e. The molecular weight excluding hydrogens is 352 g/mol. The molecule has 2 fully saturated rings. The van der Waals surface area contributed by atoms with Crippen molar-refractivity contribution in [3.05, 3.63) is 24.3 Å². The summed E-state index contributed by atoms with van der Waals surface area (Å²) >= 11 is 0. The van der Waals surface area contributed by atoms with E-state index in [-0.39, 0.29) is 11.8 Å². The van der Waals surface area contributed by atoms with Crippen molar-refractivity contribution in [2.45, 2.75) is 49.7 Å². The quantitative estimate of drug-likeness (QED) is 0.723. The first-order valence-corrected chi connectivity index (χ1v) is 10.7. The summed E-state index contributed by atoms with van der Waals surface area (Å²) in [5.41, 5.74) is 2.47. The van der Waals surface area contributed by atoms with Crippen molar-refractivity contribution in [1.82, 2.24) is 24.6 Å². The molecule has 0 saturated heterocycles. The first-order chi connectivity index (χ1) is 12.4. The van der Waals surface area contributed by atoms with Gasteiger partial charge in [0, 0.05) is 12.1 Å². The summed E-state index contributed by atoms with van der Waals surface area (Å²) in [6, 6.07) is 1.97. The molecule has 0 radical (unpaired) electrons. The number of nitrogens with one attached hydrogen (secondary N) is 1. The average Bonchev–Trinajstić information content (AvgIpc) is 2.98. The van der Waals surface area contributed by atoms with Gasteiger partial charge in [-0.05, 0) is 43.6 Å². The molecule has 3 heterocycles. The van der Waals surface area contributed by atoms with Gasteiger partial charge >= 0.3 is 0 Å². The van der Waals surface area contributed by atoms with E-state index in [2.05, 4.69) is 31.5 Å². The van der Waals surface area contributed by atoms with Crippen molar-refractivity contribution in [2.24, 2.45) is 17.0 Å². The monoisotopic (exact) mass is 374 g/mol. The van der Waals surface area contributed by atoms with Crippen LogP contribution in [0.2, 0.25) is 0 Å². The number of hydrogen-bond donors (Lipinski definition) is 2. The SMILES string of the molecule is CC[C@@H]1C[C@H](C2(S(N)(=O)=O)CC2)C[C@@H]1c1nnc2cnc3[nH]ccc3n12. The topological polar surface area (TPSA) is 119 Å². The van der Waals surface area contributed by atoms with Crippen LogP contribution in [0.15, 0.2) is 18.5 Å². The minimum atomic E-state index is -3.52. The Labute approximate surface area is 151 Å². The summed E-state index contributed by atoms with van der Waals surface area (Å²) in [4.78, 5) is 7.49. The summed E-state index contributed by atoms with van der Waals surface area (Å²) in [7, 11) is -3.52. The van der Waals surface area contributed by atoms with Crippen molar-refractivity contribution in [2.75, 3.05) is 0 Å². The van der Waals surface area contributed by atoms with Gasteiger partial charge in [0.15, 0.2) is 11.3 Å². The molecule has 138 valence electrons. The number of nitrogens with two attached hydrogens (primary N) is 1. The number of sulfonamides is 1. The van der Waals surface area contributed by atoms with Gasteiger partial charge in [-0.1, -0.05) is 13.3 Å². The Morgan fingerprint density at radius 2 is 2.15 bits per heavy atom. The van der Waals surface area contributed by atoms with Crippen molar-refractivity contribution in [3.8, 4) is 0 Å². The smallest absolute Gasteiger partial charge is 0.215 e. The van der Waals surface area contributed by atoms with E-state index in [9.17, 15) is 8.42 Å². The molecule has 0 aromatic carbocycles. The maximum absolute atomic E-state index is 12.2. The van der Waals surface area contributed by atoms with E-state index in [1.807, 2.05) is 12.3 Å². The Morgan fingerprint density at radius 3 is 2.85 bits per heavy atom. The molecule has 0 aliphatic heterocycles. The molecule has 2 aliphatic carbocycles. The van der Waals surface area contributed by atoms with E-state index in [0.717, 1.165) is 41.9 Å². The summed E-state index contributed by atoms with van der Waals surface area (Å²) in [5, 5.41) is 14.4. The van der Waals surface area contributed by atoms with Gasteiger partial charge in [-0.2, -0.15) is 0 Å². The fourth-order valence-electron chi connectivity index (χ4n) is 5.01. The van der Waals surface area contributed by atoms with Gasteiger partial charge in [0.2, 0.25) is 10.0 Å². The Kier molecular flexibility index (Phi) is 3.28. The van der Waals surface area contributed by atoms with E-state index < -0.39 is 14.8 Å². The number of aromatic amines is 1. The van der Waals surface area contributed by atoms with E-state index in [4.69, 9.17) is 5.14 Å². The second kappa shape index (κ2) is 5.26. The first kappa shape index (κ1) is 16.2. The fraction of sp³-hybridized carbons (Fsp3) is 0.588. The molecule has 9 heteroatoms. The normalized spacial score (nSPS) is 28.2. The van der Waals surface area contributed by atoms with Gasteiger partial charge in [-0.25, -0.2) is 18.5 Å². The molecule has 3 atom stereocenters. The Morgan fingerprint density at radius 1 is 1.35 bits per heavy atom. The van der Waals surface area contributed by atoms with Crippen molar-refractivity contribution >= 4 is 26.8 Å². The van der Waals surface area contributed by atoms with Crippen molar-refractivity contribution < 1.29 is 8.42 Å². The molecule has 26 heavy (non-hydrogen) atoms. The molecule has 3 N–H and O–H groups in total. The summed E-state index contributed by atoms with van der Waals surface area (Å²) in [5.74, 6) is 1.57. The molecule has 2 aliphatic rings. The van der Waals surface area contributed by atoms with Crippen LogP contribution in [0.3, 0.4) is 0 Å². The Hall–Kier alpha value is -2.00. The third kappa shape index (κ3) is 2.10. The lowest BCUT2D eigenvalue weighted by atomic mass is 9.93. The summed E-state index contributed by atoms with van der Waals surface area (Å²) in [6.45, 7) is 2.16. The van der Waals surface area contributed by atoms with Crippen molar-refractivity contribution in [3.63, 3.8) is 0 Å². The molecule has 0 bridgehead atoms. The third-order valence-electron chi connectivity index (χ3n) is 6.57. The highest BCUT2D eigenvalue weighted by atomic mass is 32.2. The van der Waals surface area contributed by atoms with Crippen LogP contribution in [0.5, 0.6) is 0 Å². The fourth-order valence-corrected chi connectivity index (χ4v) is 6.34. The highest BCUT2D eigenvalue weighted by Gasteiger charge is 2.61. The van der Waals surface area contributed by atoms with Crippen molar-refractivity contribution in [1.29, 1.82) is 0 Å². The van der Waals surface area contributed by atoms with Crippen LogP contribution in [0, 0.1) is 11.8 Å². The number of rotatable bonds is 4. The Bertz CT molecular complexity index is 1100. The van der Waals surface area contributed by atoms with E-state index in [1.165, 1.54) is 0 Å². The highest BCUT2D eigenvalue weighted by Crippen LogP contribution is 2.58. The number of nitrogens with zero attached hydrogens (tertiary/aromatic N) is 4. The number of fused-ring (bicyclic) bond motifs is 3. The van der Waals surface area contributed by atoms with Crippen LogP contribution < -0.4 is 5.14 Å². The van der Waals surface area contributed by atoms with Crippen LogP contribution in [0.1, 0.15) is 50.8 Å². The second-order valence-corrected chi connectivity index (χ2v) is 9.68. The lowest BCUT2D eigenvalue weighted by Gasteiger charge is -2.20. The summed E-state index contributed by atoms with van der Waals surface area (Å²) < 4.78 is 25.7. The largest absolute Gasteiger partial charge is 0.345 e. The lowest BCUT2D eigenvalue weighted by molar-refractivity contribution is 0.432. The number of H-pyrrole nitrogens is 1. The van der Waals surface area contributed by atoms with Gasteiger partial charge in [-0.15, -0.1) is 10.2 Å². The van der Waals surface area contributed by atoms with Gasteiger partial charge in [0.1, 0.15) is 5.82 Å². The van der Waals surface area contributed by atoms with Crippen LogP contribution in [0.4, 0.5) is 0 Å². The number of aromatic nitrogens is 5. The van der Waals surface area contributed by atoms with Gasteiger partial charge in [0.25, 0.3) is 0 Å². The molecule has 0 unspecified atom stereocenters. The zero-order valence-corrected chi connectivity index (χ0v) is 15.4. The number of primary sulfonamides is 1. The zero-order chi connectivity index (χ0) is 18.1. The van der Waals surface area contributed by atoms with E-state index in [0.29, 0.717) is 18.8 Å². The van der Waals surface area contributed by atoms with Gasteiger partial charge < -0.3 is 4.98 Å². The molecule has 3 aromatic rings. The average molecular weight is 374 g/mol. The second-order valence-electron chi connectivity index (χ2n) is 7.77. The summed E-state index contributed by atoms with van der Waals surface area (Å²) in [6.07, 6.45) is 7.61. The van der Waals surface area contributed by atoms with Gasteiger partial charge in [0.05, 0.1) is 16.5 Å². The molecule has 2 saturated carbocycles. The maximum atomic E-state index is 12.2. The van der Waals surface area contributed by atoms with Crippen LogP contribution in [-0.4, -0.2) is 37.7 Å². The molecular formula is C17H22N6O2S. The molecule has 0 spiro atoms. The molecule has 5 rings (SSSR count). The first-order valence-electron chi connectivity index (χ1n) is 9.14. The van der Waals surface area contributed by atoms with Gasteiger partial charge in [-0.3, -0.25) is 4.40 Å². The Balaban J connectivity index is 1.60. The molecule has 0 amide bonds. The third-order valence-corrected chi connectivity index (χ3v) is 8.45. The van der Waals surface area contributed by atoms with E-state index >= 15 is 0 Å². The molecule has 8 nitrogen and oxygen atoms in total. The molecule has 3 aromatic heterocycles. The zero-order valence-electron chi connectivity index (χ0n) is 14.6. The number of hydrogen-bond acceptors (Lipinski definition) is 5. The minimum absolute atomic E-state index is 0.100. The predicted molar refractivity (Wildman–Crippen MR) is 97.0 cm³/mol. The minimum Gasteiger partial charge on any atom is -0.345 e. The van der Waals surface area contributed by atoms with E-state index in [1.54, 1.807) is 6.20 Å². The predicted octanol–water partition coefficient (Wildman–Crippen LogP) is 1.95.